The number of nitro benzene ring substituents is 1. The highest BCUT2D eigenvalue weighted by molar-refractivity contribution is 6.31. The van der Waals surface area contributed by atoms with Crippen LogP contribution < -0.4 is 4.74 Å². The molecule has 0 atom stereocenters. The fourth-order valence-corrected chi connectivity index (χ4v) is 1.94. The van der Waals surface area contributed by atoms with Gasteiger partial charge in [-0.3, -0.25) is 10.1 Å². The first-order chi connectivity index (χ1) is 9.54. The Balaban J connectivity index is 2.47. The van der Waals surface area contributed by atoms with Gasteiger partial charge in [-0.15, -0.1) is 0 Å². The second-order valence-corrected chi connectivity index (χ2v) is 4.39. The number of nitro groups is 1. The minimum absolute atomic E-state index is 0.0389. The number of hydrogen-bond donors (Lipinski definition) is 0. The molecule has 2 rings (SSSR count). The SMILES string of the molecule is Cc1c(Oc2cccc(Cl)c2C#N)cccc1[N+](=O)[O-]. The maximum atomic E-state index is 10.9. The molecule has 0 aliphatic carbocycles. The fraction of sp³-hybridized carbons (Fsp3) is 0.0714. The van der Waals surface area contributed by atoms with Gasteiger partial charge in [0, 0.05) is 6.07 Å². The van der Waals surface area contributed by atoms with Crippen LogP contribution in [0.5, 0.6) is 11.5 Å². The Labute approximate surface area is 120 Å². The number of ether oxygens (including phenoxy) is 1. The summed E-state index contributed by atoms with van der Waals surface area (Å²) in [6, 6.07) is 11.3. The van der Waals surface area contributed by atoms with Gasteiger partial charge in [-0.2, -0.15) is 5.26 Å². The standard InChI is InChI=1S/C14H9ClN2O3/c1-9-12(17(18)19)5-3-6-13(9)20-14-7-2-4-11(15)10(14)8-16/h2-7H,1H3. The summed E-state index contributed by atoms with van der Waals surface area (Å²) in [6.07, 6.45) is 0. The molecule has 0 N–H and O–H groups in total. The van der Waals surface area contributed by atoms with Crippen LogP contribution >= 0.6 is 11.6 Å². The second-order valence-electron chi connectivity index (χ2n) is 3.98. The maximum Gasteiger partial charge on any atom is 0.276 e. The minimum atomic E-state index is -0.481. The lowest BCUT2D eigenvalue weighted by atomic mass is 10.1. The zero-order valence-corrected chi connectivity index (χ0v) is 11.2. The van der Waals surface area contributed by atoms with Gasteiger partial charge in [-0.05, 0) is 25.1 Å². The molecule has 0 fully saturated rings. The third kappa shape index (κ3) is 2.56. The topological polar surface area (TPSA) is 76.2 Å². The number of halogens is 1. The molecule has 0 bridgehead atoms. The van der Waals surface area contributed by atoms with Crippen LogP contribution in [0.4, 0.5) is 5.69 Å². The van der Waals surface area contributed by atoms with Crippen LogP contribution in [0, 0.1) is 28.4 Å². The molecule has 0 heterocycles. The van der Waals surface area contributed by atoms with E-state index in [2.05, 4.69) is 0 Å². The summed E-state index contributed by atoms with van der Waals surface area (Å²) in [5, 5.41) is 20.2. The van der Waals surface area contributed by atoms with Gasteiger partial charge in [0.15, 0.2) is 0 Å². The molecular weight excluding hydrogens is 280 g/mol. The molecule has 2 aromatic carbocycles. The lowest BCUT2D eigenvalue weighted by Crippen LogP contribution is -1.95. The Kier molecular flexibility index (Phi) is 3.87. The summed E-state index contributed by atoms with van der Waals surface area (Å²) in [6.45, 7) is 1.59. The fourth-order valence-electron chi connectivity index (χ4n) is 1.73. The predicted molar refractivity (Wildman–Crippen MR) is 74.1 cm³/mol. The van der Waals surface area contributed by atoms with E-state index in [1.165, 1.54) is 12.1 Å². The third-order valence-electron chi connectivity index (χ3n) is 2.76. The Morgan fingerprint density at radius 3 is 2.55 bits per heavy atom. The first kappa shape index (κ1) is 13.8. The molecule has 0 aliphatic heterocycles. The monoisotopic (exact) mass is 288 g/mol. The molecule has 5 nitrogen and oxygen atoms in total. The van der Waals surface area contributed by atoms with Crippen molar-refractivity contribution in [1.82, 2.24) is 0 Å². The highest BCUT2D eigenvalue weighted by Crippen LogP contribution is 2.34. The quantitative estimate of drug-likeness (QED) is 0.626. The van der Waals surface area contributed by atoms with Gasteiger partial charge in [-0.25, -0.2) is 0 Å². The molecule has 0 radical (unpaired) electrons. The van der Waals surface area contributed by atoms with E-state index in [1.54, 1.807) is 31.2 Å². The van der Waals surface area contributed by atoms with Gasteiger partial charge in [0.25, 0.3) is 5.69 Å². The summed E-state index contributed by atoms with van der Waals surface area (Å²) >= 11 is 5.91. The molecule has 0 unspecified atom stereocenters. The molecule has 6 heteroatoms. The Hall–Kier alpha value is -2.58. The van der Waals surface area contributed by atoms with Crippen molar-refractivity contribution >= 4 is 17.3 Å². The highest BCUT2D eigenvalue weighted by Gasteiger charge is 2.16. The van der Waals surface area contributed by atoms with E-state index in [0.29, 0.717) is 11.3 Å². The van der Waals surface area contributed by atoms with Crippen molar-refractivity contribution in [3.8, 4) is 17.6 Å². The molecule has 0 saturated heterocycles. The van der Waals surface area contributed by atoms with Gasteiger partial charge in [0.1, 0.15) is 23.1 Å². The van der Waals surface area contributed by atoms with E-state index >= 15 is 0 Å². The van der Waals surface area contributed by atoms with E-state index in [4.69, 9.17) is 21.6 Å². The van der Waals surface area contributed by atoms with Gasteiger partial charge >= 0.3 is 0 Å². The summed E-state index contributed by atoms with van der Waals surface area (Å²) in [7, 11) is 0. The molecular formula is C14H9ClN2O3. The van der Waals surface area contributed by atoms with E-state index < -0.39 is 4.92 Å². The summed E-state index contributed by atoms with van der Waals surface area (Å²) in [5.74, 6) is 0.585. The van der Waals surface area contributed by atoms with Crippen molar-refractivity contribution in [2.45, 2.75) is 6.92 Å². The van der Waals surface area contributed by atoms with E-state index in [1.807, 2.05) is 6.07 Å². The van der Waals surface area contributed by atoms with Gasteiger partial charge < -0.3 is 4.74 Å². The predicted octanol–water partition coefficient (Wildman–Crippen LogP) is 4.22. The van der Waals surface area contributed by atoms with Crippen molar-refractivity contribution in [3.63, 3.8) is 0 Å². The average molecular weight is 289 g/mol. The van der Waals surface area contributed by atoms with Crippen molar-refractivity contribution in [2.24, 2.45) is 0 Å². The number of benzene rings is 2. The Morgan fingerprint density at radius 1 is 1.25 bits per heavy atom. The third-order valence-corrected chi connectivity index (χ3v) is 3.07. The Bertz CT molecular complexity index is 723. The van der Waals surface area contributed by atoms with Crippen molar-refractivity contribution in [2.75, 3.05) is 0 Å². The molecule has 0 saturated carbocycles. The first-order valence-corrected chi connectivity index (χ1v) is 6.03. The molecule has 0 aliphatic rings. The summed E-state index contributed by atoms with van der Waals surface area (Å²) in [4.78, 5) is 10.4. The smallest absolute Gasteiger partial charge is 0.276 e. The molecule has 20 heavy (non-hydrogen) atoms. The number of nitriles is 1. The second kappa shape index (κ2) is 5.59. The van der Waals surface area contributed by atoms with E-state index in [9.17, 15) is 10.1 Å². The van der Waals surface area contributed by atoms with Crippen LogP contribution in [0.25, 0.3) is 0 Å². The average Bonchev–Trinajstić information content (AvgIpc) is 2.41. The lowest BCUT2D eigenvalue weighted by molar-refractivity contribution is -0.385. The molecule has 0 amide bonds. The largest absolute Gasteiger partial charge is 0.455 e. The molecule has 0 spiro atoms. The van der Waals surface area contributed by atoms with Gasteiger partial charge in [0.05, 0.1) is 15.5 Å². The molecule has 2 aromatic rings. The molecule has 0 aromatic heterocycles. The van der Waals surface area contributed by atoms with E-state index in [-0.39, 0.29) is 22.0 Å². The van der Waals surface area contributed by atoms with Crippen LogP contribution in [-0.2, 0) is 0 Å². The van der Waals surface area contributed by atoms with Crippen molar-refractivity contribution in [1.29, 1.82) is 5.26 Å². The van der Waals surface area contributed by atoms with E-state index in [0.717, 1.165) is 0 Å². The van der Waals surface area contributed by atoms with Crippen LogP contribution in [0.2, 0.25) is 5.02 Å². The lowest BCUT2D eigenvalue weighted by Gasteiger charge is -2.10. The first-order valence-electron chi connectivity index (χ1n) is 5.65. The zero-order chi connectivity index (χ0) is 14.7. The normalized spacial score (nSPS) is 9.85. The van der Waals surface area contributed by atoms with Crippen molar-refractivity contribution < 1.29 is 9.66 Å². The van der Waals surface area contributed by atoms with Crippen LogP contribution in [0.3, 0.4) is 0 Å². The minimum Gasteiger partial charge on any atom is -0.455 e. The number of nitrogens with zero attached hydrogens (tertiary/aromatic N) is 2. The Morgan fingerprint density at radius 2 is 1.90 bits per heavy atom. The van der Waals surface area contributed by atoms with Crippen LogP contribution in [0.15, 0.2) is 36.4 Å². The highest BCUT2D eigenvalue weighted by atomic mass is 35.5. The van der Waals surface area contributed by atoms with Crippen LogP contribution in [0.1, 0.15) is 11.1 Å². The number of rotatable bonds is 3. The number of hydrogen-bond acceptors (Lipinski definition) is 4. The summed E-state index contributed by atoms with van der Waals surface area (Å²) in [5.41, 5.74) is 0.546. The molecule has 100 valence electrons. The van der Waals surface area contributed by atoms with Gasteiger partial charge in [0.2, 0.25) is 0 Å². The summed E-state index contributed by atoms with van der Waals surface area (Å²) < 4.78 is 5.59. The maximum absolute atomic E-state index is 10.9. The zero-order valence-electron chi connectivity index (χ0n) is 10.5. The van der Waals surface area contributed by atoms with Gasteiger partial charge in [-0.1, -0.05) is 23.7 Å². The van der Waals surface area contributed by atoms with Crippen molar-refractivity contribution in [3.05, 3.63) is 62.7 Å². The van der Waals surface area contributed by atoms with Crippen LogP contribution in [-0.4, -0.2) is 4.92 Å².